The van der Waals surface area contributed by atoms with Crippen molar-refractivity contribution < 1.29 is 9.59 Å². The molecule has 1 saturated heterocycles. The summed E-state index contributed by atoms with van der Waals surface area (Å²) in [6.45, 7) is 2.55. The molecule has 1 fully saturated rings. The van der Waals surface area contributed by atoms with Crippen molar-refractivity contribution in [2.75, 3.05) is 11.4 Å². The largest absolute Gasteiger partial charge is 0.352 e. The number of urea groups is 1. The van der Waals surface area contributed by atoms with E-state index in [2.05, 4.69) is 21.2 Å². The monoisotopic (exact) mass is 311 g/mol. The first-order valence-electron chi connectivity index (χ1n) is 5.62. The Balaban J connectivity index is 2.18. The van der Waals surface area contributed by atoms with E-state index in [0.29, 0.717) is 13.0 Å². The van der Waals surface area contributed by atoms with E-state index in [0.717, 1.165) is 15.7 Å². The summed E-state index contributed by atoms with van der Waals surface area (Å²) in [5, 5.41) is 2.46. The molecule has 6 heteroatoms. The summed E-state index contributed by atoms with van der Waals surface area (Å²) in [6, 6.07) is 4.55. The number of anilines is 1. The Labute approximate surface area is 113 Å². The van der Waals surface area contributed by atoms with Crippen molar-refractivity contribution in [3.63, 3.8) is 0 Å². The first-order valence-corrected chi connectivity index (χ1v) is 6.42. The number of hydrogen-bond acceptors (Lipinski definition) is 2. The molecule has 2 rings (SSSR count). The second-order valence-corrected chi connectivity index (χ2v) is 5.13. The van der Waals surface area contributed by atoms with Crippen molar-refractivity contribution >= 4 is 33.6 Å². The molecular formula is C12H14BrN3O2. The minimum atomic E-state index is -0.665. The Morgan fingerprint density at radius 1 is 1.56 bits per heavy atom. The smallest absolute Gasteiger partial charge is 0.312 e. The van der Waals surface area contributed by atoms with Crippen LogP contribution in [0.25, 0.3) is 0 Å². The lowest BCUT2D eigenvalue weighted by Crippen LogP contribution is -2.43. The maximum atomic E-state index is 12.1. The Hall–Kier alpha value is -1.56. The van der Waals surface area contributed by atoms with Gasteiger partial charge in [-0.25, -0.2) is 4.79 Å². The number of carbonyl (C=O) groups excluding carboxylic acids is 2. The van der Waals surface area contributed by atoms with Gasteiger partial charge in [-0.2, -0.15) is 0 Å². The SMILES string of the molecule is Cc1cc(N2CCC(NC(N)=O)C2=O)ccc1Br. The standard InChI is InChI=1S/C12H14BrN3O2/c1-7-6-8(2-3-9(7)13)16-5-4-10(11(16)17)15-12(14)18/h2-3,6,10H,4-5H2,1H3,(H3,14,15,18). The average Bonchev–Trinajstić information content (AvgIpc) is 2.64. The number of hydrogen-bond donors (Lipinski definition) is 2. The van der Waals surface area contributed by atoms with Crippen LogP contribution < -0.4 is 16.0 Å². The zero-order valence-electron chi connectivity index (χ0n) is 9.94. The highest BCUT2D eigenvalue weighted by atomic mass is 79.9. The molecule has 0 aromatic heterocycles. The fourth-order valence-corrected chi connectivity index (χ4v) is 2.29. The number of nitrogens with one attached hydrogen (secondary N) is 1. The van der Waals surface area contributed by atoms with Gasteiger partial charge in [0.2, 0.25) is 5.91 Å². The highest BCUT2D eigenvalue weighted by Crippen LogP contribution is 2.26. The van der Waals surface area contributed by atoms with E-state index in [-0.39, 0.29) is 5.91 Å². The molecule has 5 nitrogen and oxygen atoms in total. The number of halogens is 1. The first kappa shape index (κ1) is 12.9. The molecule has 1 atom stereocenters. The number of carbonyl (C=O) groups is 2. The number of nitrogens with zero attached hydrogens (tertiary/aromatic N) is 1. The number of benzene rings is 1. The van der Waals surface area contributed by atoms with E-state index in [1.165, 1.54) is 0 Å². The fourth-order valence-electron chi connectivity index (χ4n) is 2.04. The Kier molecular flexibility index (Phi) is 3.56. The molecule has 1 unspecified atom stereocenters. The Morgan fingerprint density at radius 2 is 2.28 bits per heavy atom. The topological polar surface area (TPSA) is 75.4 Å². The van der Waals surface area contributed by atoms with Gasteiger partial charge < -0.3 is 16.0 Å². The highest BCUT2D eigenvalue weighted by molar-refractivity contribution is 9.10. The van der Waals surface area contributed by atoms with E-state index in [1.807, 2.05) is 25.1 Å². The van der Waals surface area contributed by atoms with Gasteiger partial charge in [-0.3, -0.25) is 4.79 Å². The van der Waals surface area contributed by atoms with E-state index in [4.69, 9.17) is 5.73 Å². The molecule has 0 saturated carbocycles. The summed E-state index contributed by atoms with van der Waals surface area (Å²) in [5.41, 5.74) is 6.94. The van der Waals surface area contributed by atoms with Crippen LogP contribution in [0.2, 0.25) is 0 Å². The zero-order chi connectivity index (χ0) is 13.3. The van der Waals surface area contributed by atoms with E-state index in [9.17, 15) is 9.59 Å². The molecule has 1 aromatic rings. The van der Waals surface area contributed by atoms with Crippen LogP contribution in [-0.4, -0.2) is 24.5 Å². The predicted octanol–water partition coefficient (Wildman–Crippen LogP) is 1.53. The van der Waals surface area contributed by atoms with Crippen molar-refractivity contribution in [1.82, 2.24) is 5.32 Å². The van der Waals surface area contributed by atoms with Crippen LogP contribution in [0.4, 0.5) is 10.5 Å². The Bertz CT molecular complexity index is 504. The van der Waals surface area contributed by atoms with Crippen LogP contribution in [0.5, 0.6) is 0 Å². The van der Waals surface area contributed by atoms with Gasteiger partial charge in [0.15, 0.2) is 0 Å². The van der Waals surface area contributed by atoms with E-state index < -0.39 is 12.1 Å². The molecule has 0 bridgehead atoms. The molecule has 1 aromatic carbocycles. The van der Waals surface area contributed by atoms with Crippen LogP contribution >= 0.6 is 15.9 Å². The maximum absolute atomic E-state index is 12.1. The molecule has 1 aliphatic heterocycles. The normalized spacial score (nSPS) is 19.1. The predicted molar refractivity (Wildman–Crippen MR) is 72.4 cm³/mol. The summed E-state index contributed by atoms with van der Waals surface area (Å²) in [7, 11) is 0. The molecule has 96 valence electrons. The summed E-state index contributed by atoms with van der Waals surface area (Å²) in [5.74, 6) is -0.115. The molecule has 0 radical (unpaired) electrons. The summed E-state index contributed by atoms with van der Waals surface area (Å²) >= 11 is 3.42. The number of primary amides is 1. The molecule has 3 N–H and O–H groups in total. The summed E-state index contributed by atoms with van der Waals surface area (Å²) < 4.78 is 1.00. The van der Waals surface area contributed by atoms with Crippen LogP contribution in [0, 0.1) is 6.92 Å². The lowest BCUT2D eigenvalue weighted by atomic mass is 10.2. The van der Waals surface area contributed by atoms with Gasteiger partial charge in [0, 0.05) is 16.7 Å². The van der Waals surface area contributed by atoms with Crippen LogP contribution in [-0.2, 0) is 4.79 Å². The molecule has 3 amide bonds. The van der Waals surface area contributed by atoms with Crippen molar-refractivity contribution in [1.29, 1.82) is 0 Å². The van der Waals surface area contributed by atoms with Crippen molar-refractivity contribution in [3.05, 3.63) is 28.2 Å². The molecule has 0 spiro atoms. The van der Waals surface area contributed by atoms with Gasteiger partial charge >= 0.3 is 6.03 Å². The van der Waals surface area contributed by atoms with Gasteiger partial charge in [-0.15, -0.1) is 0 Å². The van der Waals surface area contributed by atoms with Gasteiger partial charge in [0.05, 0.1) is 0 Å². The molecule has 18 heavy (non-hydrogen) atoms. The molecule has 0 aliphatic carbocycles. The van der Waals surface area contributed by atoms with Crippen molar-refractivity contribution in [3.8, 4) is 0 Å². The first-order chi connectivity index (χ1) is 8.49. The van der Waals surface area contributed by atoms with Gasteiger partial charge in [-0.05, 0) is 37.1 Å². The number of rotatable bonds is 2. The van der Waals surface area contributed by atoms with Gasteiger partial charge in [-0.1, -0.05) is 15.9 Å². The van der Waals surface area contributed by atoms with Crippen LogP contribution in [0.3, 0.4) is 0 Å². The lowest BCUT2D eigenvalue weighted by Gasteiger charge is -2.17. The van der Waals surface area contributed by atoms with Crippen LogP contribution in [0.15, 0.2) is 22.7 Å². The van der Waals surface area contributed by atoms with E-state index >= 15 is 0 Å². The summed E-state index contributed by atoms with van der Waals surface area (Å²) in [6.07, 6.45) is 0.580. The second-order valence-electron chi connectivity index (χ2n) is 4.27. The minimum absolute atomic E-state index is 0.115. The highest BCUT2D eigenvalue weighted by Gasteiger charge is 2.33. The molecule has 1 aliphatic rings. The maximum Gasteiger partial charge on any atom is 0.312 e. The van der Waals surface area contributed by atoms with E-state index in [1.54, 1.807) is 4.90 Å². The van der Waals surface area contributed by atoms with Gasteiger partial charge in [0.25, 0.3) is 0 Å². The third-order valence-corrected chi connectivity index (χ3v) is 3.86. The van der Waals surface area contributed by atoms with Crippen LogP contribution in [0.1, 0.15) is 12.0 Å². The number of aryl methyl sites for hydroxylation is 1. The molecule has 1 heterocycles. The quantitative estimate of drug-likeness (QED) is 0.869. The van der Waals surface area contributed by atoms with Gasteiger partial charge in [0.1, 0.15) is 6.04 Å². The fraction of sp³-hybridized carbons (Fsp3) is 0.333. The third-order valence-electron chi connectivity index (χ3n) is 2.98. The third kappa shape index (κ3) is 2.48. The summed E-state index contributed by atoms with van der Waals surface area (Å²) in [4.78, 5) is 24.5. The lowest BCUT2D eigenvalue weighted by molar-refractivity contribution is -0.118. The van der Waals surface area contributed by atoms with Crippen molar-refractivity contribution in [2.45, 2.75) is 19.4 Å². The number of amides is 3. The van der Waals surface area contributed by atoms with Crippen molar-refractivity contribution in [2.24, 2.45) is 5.73 Å². The second kappa shape index (κ2) is 4.97. The average molecular weight is 312 g/mol. The number of nitrogens with two attached hydrogens (primary N) is 1. The Morgan fingerprint density at radius 3 is 2.89 bits per heavy atom. The molecular weight excluding hydrogens is 298 g/mol. The minimum Gasteiger partial charge on any atom is -0.352 e. The zero-order valence-corrected chi connectivity index (χ0v) is 11.5.